The molecule has 0 atom stereocenters. The van der Waals surface area contributed by atoms with E-state index in [1.165, 1.54) is 38.5 Å². The molecule has 22 heavy (non-hydrogen) atoms. The minimum atomic E-state index is -1.27. The first kappa shape index (κ1) is 15.6. The maximum atomic E-state index is 13.6. The molecule has 2 aromatic carbocycles. The Bertz CT molecular complexity index is 630. The summed E-state index contributed by atoms with van der Waals surface area (Å²) in [5.74, 6) is -1.82. The van der Waals surface area contributed by atoms with Crippen molar-refractivity contribution in [2.45, 2.75) is 0 Å². The van der Waals surface area contributed by atoms with Crippen LogP contribution in [0.1, 0.15) is 0 Å². The van der Waals surface area contributed by atoms with E-state index in [9.17, 15) is 13.6 Å². The molecule has 0 aromatic heterocycles. The lowest BCUT2D eigenvalue weighted by atomic mass is 10.3. The zero-order valence-corrected chi connectivity index (χ0v) is 11.8. The molecular weight excluding hydrogens is 298 g/mol. The predicted octanol–water partition coefficient (Wildman–Crippen LogP) is 3.56. The summed E-state index contributed by atoms with van der Waals surface area (Å²) in [6, 6.07) is 7.27. The lowest BCUT2D eigenvalue weighted by Gasteiger charge is -2.08. The van der Waals surface area contributed by atoms with Crippen molar-refractivity contribution in [3.05, 3.63) is 48.0 Å². The average Bonchev–Trinajstić information content (AvgIpc) is 2.51. The number of ether oxygens (including phenoxy) is 4. The third-order valence-corrected chi connectivity index (χ3v) is 2.66. The summed E-state index contributed by atoms with van der Waals surface area (Å²) in [5.41, 5.74) is 0. The van der Waals surface area contributed by atoms with E-state index in [-0.39, 0.29) is 23.0 Å². The fraction of sp³-hybridized carbons (Fsp3) is 0.133. The van der Waals surface area contributed by atoms with Gasteiger partial charge in [-0.3, -0.25) is 0 Å². The van der Waals surface area contributed by atoms with Crippen molar-refractivity contribution >= 4 is 6.16 Å². The molecule has 0 aliphatic carbocycles. The third kappa shape index (κ3) is 3.63. The number of rotatable bonds is 4. The molecule has 7 heteroatoms. The molecule has 5 nitrogen and oxygen atoms in total. The van der Waals surface area contributed by atoms with E-state index in [4.69, 9.17) is 9.47 Å². The highest BCUT2D eigenvalue weighted by Gasteiger charge is 2.15. The van der Waals surface area contributed by atoms with Gasteiger partial charge in [-0.25, -0.2) is 13.6 Å². The van der Waals surface area contributed by atoms with Crippen LogP contribution in [0.2, 0.25) is 0 Å². The van der Waals surface area contributed by atoms with Crippen LogP contribution < -0.4 is 18.9 Å². The molecule has 0 amide bonds. The molecule has 0 fully saturated rings. The molecule has 0 bridgehead atoms. The van der Waals surface area contributed by atoms with Crippen LogP contribution in [0.25, 0.3) is 0 Å². The Morgan fingerprint density at radius 2 is 1.23 bits per heavy atom. The van der Waals surface area contributed by atoms with Crippen LogP contribution in [0.3, 0.4) is 0 Å². The first-order chi connectivity index (χ1) is 10.5. The number of benzene rings is 2. The SMILES string of the molecule is COc1ccc(OC(=O)Oc2ccc(OC)cc2F)c(F)c1. The van der Waals surface area contributed by atoms with Crippen molar-refractivity contribution < 1.29 is 32.5 Å². The van der Waals surface area contributed by atoms with E-state index < -0.39 is 17.8 Å². The predicted molar refractivity (Wildman–Crippen MR) is 72.6 cm³/mol. The van der Waals surface area contributed by atoms with Crippen LogP contribution in [0, 0.1) is 11.6 Å². The Hall–Kier alpha value is -2.83. The summed E-state index contributed by atoms with van der Waals surface area (Å²) in [6.07, 6.45) is -1.27. The van der Waals surface area contributed by atoms with Gasteiger partial charge in [-0.05, 0) is 24.3 Å². The van der Waals surface area contributed by atoms with Gasteiger partial charge in [0.25, 0.3) is 0 Å². The fourth-order valence-corrected chi connectivity index (χ4v) is 1.58. The molecule has 116 valence electrons. The molecule has 0 radical (unpaired) electrons. The number of carbonyl (C=O) groups excluding carboxylic acids is 1. The van der Waals surface area contributed by atoms with Crippen LogP contribution >= 0.6 is 0 Å². The molecule has 2 rings (SSSR count). The van der Waals surface area contributed by atoms with E-state index in [1.807, 2.05) is 0 Å². The van der Waals surface area contributed by atoms with Crippen molar-refractivity contribution in [1.29, 1.82) is 0 Å². The molecule has 0 N–H and O–H groups in total. The smallest absolute Gasteiger partial charge is 0.497 e. The normalized spacial score (nSPS) is 10.0. The highest BCUT2D eigenvalue weighted by Crippen LogP contribution is 2.25. The summed E-state index contributed by atoms with van der Waals surface area (Å²) in [4.78, 5) is 11.6. The number of methoxy groups -OCH3 is 2. The van der Waals surface area contributed by atoms with Crippen molar-refractivity contribution in [3.63, 3.8) is 0 Å². The molecule has 0 unspecified atom stereocenters. The van der Waals surface area contributed by atoms with Gasteiger partial charge in [-0.2, -0.15) is 0 Å². The Balaban J connectivity index is 2.07. The van der Waals surface area contributed by atoms with Gasteiger partial charge in [0.15, 0.2) is 23.1 Å². The lowest BCUT2D eigenvalue weighted by molar-refractivity contribution is 0.148. The standard InChI is InChI=1S/C15H12F2O5/c1-19-9-3-5-13(11(16)7-9)21-15(18)22-14-6-4-10(20-2)8-12(14)17/h3-8H,1-2H3. The van der Waals surface area contributed by atoms with Gasteiger partial charge < -0.3 is 18.9 Å². The summed E-state index contributed by atoms with van der Waals surface area (Å²) >= 11 is 0. The summed E-state index contributed by atoms with van der Waals surface area (Å²) < 4.78 is 46.2. The number of carbonyl (C=O) groups is 1. The van der Waals surface area contributed by atoms with Crippen LogP contribution in [-0.4, -0.2) is 20.4 Å². The highest BCUT2D eigenvalue weighted by atomic mass is 19.1. The van der Waals surface area contributed by atoms with Crippen LogP contribution in [0.4, 0.5) is 13.6 Å². The van der Waals surface area contributed by atoms with E-state index in [0.717, 1.165) is 12.1 Å². The first-order valence-electron chi connectivity index (χ1n) is 6.10. The van der Waals surface area contributed by atoms with Crippen molar-refractivity contribution in [1.82, 2.24) is 0 Å². The van der Waals surface area contributed by atoms with E-state index in [2.05, 4.69) is 9.47 Å². The largest absolute Gasteiger partial charge is 0.519 e. The maximum Gasteiger partial charge on any atom is 0.519 e. The Labute approximate surface area is 125 Å². The minimum Gasteiger partial charge on any atom is -0.497 e. The summed E-state index contributed by atoms with van der Waals surface area (Å²) in [6.45, 7) is 0. The minimum absolute atomic E-state index is 0.263. The van der Waals surface area contributed by atoms with Gasteiger partial charge in [0.2, 0.25) is 0 Å². The Morgan fingerprint density at radius 3 is 1.55 bits per heavy atom. The number of halogens is 2. The van der Waals surface area contributed by atoms with Crippen LogP contribution in [0.15, 0.2) is 36.4 Å². The maximum absolute atomic E-state index is 13.6. The third-order valence-electron chi connectivity index (χ3n) is 2.66. The van der Waals surface area contributed by atoms with Gasteiger partial charge in [0, 0.05) is 12.1 Å². The van der Waals surface area contributed by atoms with Gasteiger partial charge in [-0.1, -0.05) is 0 Å². The average molecular weight is 310 g/mol. The Morgan fingerprint density at radius 1 is 0.818 bits per heavy atom. The molecule has 0 saturated carbocycles. The molecule has 0 aliphatic heterocycles. The molecule has 0 saturated heterocycles. The summed E-state index contributed by atoms with van der Waals surface area (Å²) in [5, 5.41) is 0. The van der Waals surface area contributed by atoms with Crippen molar-refractivity contribution in [2.75, 3.05) is 14.2 Å². The zero-order valence-electron chi connectivity index (χ0n) is 11.8. The molecular formula is C15H12F2O5. The van der Waals surface area contributed by atoms with Gasteiger partial charge >= 0.3 is 6.16 Å². The quantitative estimate of drug-likeness (QED) is 0.638. The van der Waals surface area contributed by atoms with Crippen LogP contribution in [0.5, 0.6) is 23.0 Å². The zero-order chi connectivity index (χ0) is 16.1. The topological polar surface area (TPSA) is 54.0 Å². The first-order valence-corrected chi connectivity index (χ1v) is 6.10. The Kier molecular flexibility index (Phi) is 4.77. The highest BCUT2D eigenvalue weighted by molar-refractivity contribution is 5.67. The van der Waals surface area contributed by atoms with Crippen molar-refractivity contribution in [2.24, 2.45) is 0 Å². The monoisotopic (exact) mass is 310 g/mol. The second-order valence-electron chi connectivity index (χ2n) is 4.05. The van der Waals surface area contributed by atoms with Crippen molar-refractivity contribution in [3.8, 4) is 23.0 Å². The van der Waals surface area contributed by atoms with Gasteiger partial charge in [0.1, 0.15) is 11.5 Å². The van der Waals surface area contributed by atoms with E-state index >= 15 is 0 Å². The molecule has 0 aliphatic rings. The fourth-order valence-electron chi connectivity index (χ4n) is 1.58. The molecule has 0 heterocycles. The molecule has 0 spiro atoms. The van der Waals surface area contributed by atoms with Crippen LogP contribution in [-0.2, 0) is 0 Å². The second-order valence-corrected chi connectivity index (χ2v) is 4.05. The van der Waals surface area contributed by atoms with Gasteiger partial charge in [-0.15, -0.1) is 0 Å². The number of hydrogen-bond acceptors (Lipinski definition) is 5. The lowest BCUT2D eigenvalue weighted by Crippen LogP contribution is -2.15. The summed E-state index contributed by atoms with van der Waals surface area (Å²) in [7, 11) is 2.74. The van der Waals surface area contributed by atoms with E-state index in [0.29, 0.717) is 0 Å². The number of hydrogen-bond donors (Lipinski definition) is 0. The second kappa shape index (κ2) is 6.75. The molecule has 2 aromatic rings. The van der Waals surface area contributed by atoms with Gasteiger partial charge in [0.05, 0.1) is 14.2 Å². The van der Waals surface area contributed by atoms with E-state index in [1.54, 1.807) is 0 Å².